The van der Waals surface area contributed by atoms with Crippen LogP contribution in [-0.4, -0.2) is 47.6 Å². The number of aromatic nitrogens is 2. The number of hydrogen-bond donors (Lipinski definition) is 2. The topological polar surface area (TPSA) is 88.0 Å². The molecule has 1 saturated heterocycles. The van der Waals surface area contributed by atoms with Gasteiger partial charge in [-0.2, -0.15) is 5.26 Å². The number of piperazine rings is 1. The average Bonchev–Trinajstić information content (AvgIpc) is 2.79. The van der Waals surface area contributed by atoms with Gasteiger partial charge in [-0.3, -0.25) is 9.69 Å². The van der Waals surface area contributed by atoms with E-state index in [1.54, 1.807) is 18.3 Å². The van der Waals surface area contributed by atoms with E-state index >= 15 is 4.39 Å². The molecule has 0 bridgehead atoms. The minimum atomic E-state index is -0.296. The summed E-state index contributed by atoms with van der Waals surface area (Å²) in [5.41, 5.74) is 3.12. The standard InChI is InChI=1S/C23H23FN6O/c24-18-10-16(11-19-21(18)22-17(23(31)28-19)2-1-5-26-22)14-29-6-8-30(9-7-29)20-4-3-15(12-25)13-27-20/h3-4,10-11,13,26H,1-2,5-9,14H2,(H,28,31). The Hall–Kier alpha value is -3.44. The fourth-order valence-electron chi connectivity index (χ4n) is 4.51. The molecule has 158 valence electrons. The van der Waals surface area contributed by atoms with Crippen molar-refractivity contribution in [2.75, 3.05) is 42.9 Å². The van der Waals surface area contributed by atoms with Crippen LogP contribution in [0.4, 0.5) is 15.9 Å². The molecule has 0 amide bonds. The number of nitrogens with zero attached hydrogens (tertiary/aromatic N) is 4. The zero-order chi connectivity index (χ0) is 21.4. The van der Waals surface area contributed by atoms with Gasteiger partial charge in [-0.15, -0.1) is 0 Å². The zero-order valence-electron chi connectivity index (χ0n) is 17.1. The molecule has 31 heavy (non-hydrogen) atoms. The number of nitriles is 1. The second kappa shape index (κ2) is 8.00. The van der Waals surface area contributed by atoms with Gasteiger partial charge in [0.25, 0.3) is 5.56 Å². The van der Waals surface area contributed by atoms with E-state index in [0.717, 1.165) is 50.5 Å². The third-order valence-corrected chi connectivity index (χ3v) is 6.11. The summed E-state index contributed by atoms with van der Waals surface area (Å²) in [7, 11) is 0. The van der Waals surface area contributed by atoms with E-state index < -0.39 is 0 Å². The van der Waals surface area contributed by atoms with E-state index in [2.05, 4.69) is 31.2 Å². The highest BCUT2D eigenvalue weighted by Gasteiger charge is 2.21. The number of anilines is 2. The van der Waals surface area contributed by atoms with Gasteiger partial charge in [-0.05, 0) is 42.7 Å². The van der Waals surface area contributed by atoms with E-state index in [1.807, 2.05) is 12.1 Å². The summed E-state index contributed by atoms with van der Waals surface area (Å²) in [6.07, 6.45) is 3.15. The molecule has 3 aromatic rings. The van der Waals surface area contributed by atoms with Gasteiger partial charge >= 0.3 is 0 Å². The molecule has 2 N–H and O–H groups in total. The Morgan fingerprint density at radius 1 is 1.19 bits per heavy atom. The first-order valence-electron chi connectivity index (χ1n) is 10.6. The summed E-state index contributed by atoms with van der Waals surface area (Å²) in [5.74, 6) is 0.570. The first-order valence-corrected chi connectivity index (χ1v) is 10.6. The highest BCUT2D eigenvalue weighted by molar-refractivity contribution is 5.94. The summed E-state index contributed by atoms with van der Waals surface area (Å²) < 4.78 is 15.0. The Labute approximate surface area is 179 Å². The lowest BCUT2D eigenvalue weighted by atomic mass is 10.00. The predicted molar refractivity (Wildman–Crippen MR) is 118 cm³/mol. The third-order valence-electron chi connectivity index (χ3n) is 6.11. The highest BCUT2D eigenvalue weighted by atomic mass is 19.1. The molecule has 2 aliphatic heterocycles. The molecular formula is C23H23FN6O. The van der Waals surface area contributed by atoms with E-state index in [-0.39, 0.29) is 11.4 Å². The number of pyridine rings is 2. The molecule has 0 spiro atoms. The molecular weight excluding hydrogens is 395 g/mol. The molecule has 0 atom stereocenters. The van der Waals surface area contributed by atoms with E-state index in [9.17, 15) is 4.79 Å². The fraction of sp³-hybridized carbons (Fsp3) is 0.348. The molecule has 2 aromatic heterocycles. The third kappa shape index (κ3) is 3.73. The van der Waals surface area contributed by atoms with Crippen LogP contribution in [0.5, 0.6) is 0 Å². The van der Waals surface area contributed by atoms with Crippen LogP contribution in [0.2, 0.25) is 0 Å². The van der Waals surface area contributed by atoms with Gasteiger partial charge in [0.1, 0.15) is 17.7 Å². The number of hydrogen-bond acceptors (Lipinski definition) is 6. The molecule has 0 unspecified atom stereocenters. The Bertz CT molecular complexity index is 1220. The molecule has 1 fully saturated rings. The molecule has 5 rings (SSSR count). The number of benzene rings is 1. The number of nitrogens with one attached hydrogen (secondary N) is 2. The van der Waals surface area contributed by atoms with Crippen LogP contribution in [0.3, 0.4) is 0 Å². The van der Waals surface area contributed by atoms with Crippen molar-refractivity contribution in [2.45, 2.75) is 19.4 Å². The molecule has 8 heteroatoms. The largest absolute Gasteiger partial charge is 0.384 e. The van der Waals surface area contributed by atoms with Gasteiger partial charge in [0.2, 0.25) is 0 Å². The molecule has 0 aliphatic carbocycles. The van der Waals surface area contributed by atoms with Crippen LogP contribution in [0.25, 0.3) is 10.9 Å². The van der Waals surface area contributed by atoms with Crippen molar-refractivity contribution in [1.29, 1.82) is 5.26 Å². The van der Waals surface area contributed by atoms with Crippen molar-refractivity contribution < 1.29 is 4.39 Å². The van der Waals surface area contributed by atoms with Gasteiger partial charge < -0.3 is 15.2 Å². The normalized spacial score (nSPS) is 16.6. The van der Waals surface area contributed by atoms with Gasteiger partial charge in [0.05, 0.1) is 22.2 Å². The Morgan fingerprint density at radius 2 is 2.03 bits per heavy atom. The molecule has 0 saturated carbocycles. The van der Waals surface area contributed by atoms with Crippen LogP contribution >= 0.6 is 0 Å². The van der Waals surface area contributed by atoms with Crippen molar-refractivity contribution >= 4 is 22.4 Å². The number of aromatic amines is 1. The summed E-state index contributed by atoms with van der Waals surface area (Å²) in [5, 5.41) is 12.6. The van der Waals surface area contributed by atoms with Gasteiger partial charge in [-0.1, -0.05) is 0 Å². The molecule has 4 heterocycles. The molecule has 2 aliphatic rings. The number of halogens is 1. The summed E-state index contributed by atoms with van der Waals surface area (Å²) >= 11 is 0. The van der Waals surface area contributed by atoms with E-state index in [0.29, 0.717) is 40.7 Å². The van der Waals surface area contributed by atoms with Crippen LogP contribution < -0.4 is 15.8 Å². The van der Waals surface area contributed by atoms with Crippen LogP contribution in [0.15, 0.2) is 35.3 Å². The summed E-state index contributed by atoms with van der Waals surface area (Å²) in [6, 6.07) is 9.22. The quantitative estimate of drug-likeness (QED) is 0.680. The van der Waals surface area contributed by atoms with Gasteiger partial charge in [0.15, 0.2) is 0 Å². The van der Waals surface area contributed by atoms with Crippen molar-refractivity contribution in [3.63, 3.8) is 0 Å². The lowest BCUT2D eigenvalue weighted by Gasteiger charge is -2.35. The van der Waals surface area contributed by atoms with Crippen LogP contribution in [-0.2, 0) is 13.0 Å². The minimum absolute atomic E-state index is 0.130. The molecule has 1 aromatic carbocycles. The summed E-state index contributed by atoms with van der Waals surface area (Å²) in [4.78, 5) is 24.2. The predicted octanol–water partition coefficient (Wildman–Crippen LogP) is 2.61. The van der Waals surface area contributed by atoms with Crippen molar-refractivity contribution in [3.8, 4) is 6.07 Å². The first-order chi connectivity index (χ1) is 15.1. The van der Waals surface area contributed by atoms with Crippen molar-refractivity contribution in [1.82, 2.24) is 14.9 Å². The summed E-state index contributed by atoms with van der Waals surface area (Å²) in [6.45, 7) is 4.64. The van der Waals surface area contributed by atoms with E-state index in [4.69, 9.17) is 5.26 Å². The molecule has 7 nitrogen and oxygen atoms in total. The minimum Gasteiger partial charge on any atom is -0.384 e. The molecule has 0 radical (unpaired) electrons. The smallest absolute Gasteiger partial charge is 0.253 e. The van der Waals surface area contributed by atoms with Gasteiger partial charge in [-0.25, -0.2) is 9.37 Å². The lowest BCUT2D eigenvalue weighted by Crippen LogP contribution is -2.46. The zero-order valence-corrected chi connectivity index (χ0v) is 17.1. The second-order valence-electron chi connectivity index (χ2n) is 8.12. The second-order valence-corrected chi connectivity index (χ2v) is 8.12. The number of H-pyrrole nitrogens is 1. The Kier molecular flexibility index (Phi) is 5.04. The SMILES string of the molecule is N#Cc1ccc(N2CCN(Cc3cc(F)c4c5c(c(=O)[nH]c4c3)CCCN5)CC2)nc1. The monoisotopic (exact) mass is 418 g/mol. The first kappa shape index (κ1) is 19.5. The maximum atomic E-state index is 15.0. The fourth-order valence-corrected chi connectivity index (χ4v) is 4.51. The number of fused-ring (bicyclic) bond motifs is 3. The maximum absolute atomic E-state index is 15.0. The lowest BCUT2D eigenvalue weighted by molar-refractivity contribution is 0.249. The van der Waals surface area contributed by atoms with Crippen molar-refractivity contribution in [2.24, 2.45) is 0 Å². The maximum Gasteiger partial charge on any atom is 0.253 e. The van der Waals surface area contributed by atoms with Crippen molar-refractivity contribution in [3.05, 3.63) is 63.3 Å². The highest BCUT2D eigenvalue weighted by Crippen LogP contribution is 2.30. The Morgan fingerprint density at radius 3 is 2.77 bits per heavy atom. The van der Waals surface area contributed by atoms with E-state index in [1.165, 1.54) is 0 Å². The average molecular weight is 418 g/mol. The number of rotatable bonds is 3. The van der Waals surface area contributed by atoms with Crippen LogP contribution in [0.1, 0.15) is 23.1 Å². The van der Waals surface area contributed by atoms with Gasteiger partial charge in [0, 0.05) is 51.0 Å². The van der Waals surface area contributed by atoms with Crippen LogP contribution in [0, 0.1) is 17.1 Å². The Balaban J connectivity index is 1.32.